The summed E-state index contributed by atoms with van der Waals surface area (Å²) in [5.41, 5.74) is 3.95. The first-order valence-electron chi connectivity index (χ1n) is 8.48. The monoisotopic (exact) mass is 344 g/mol. The maximum atomic E-state index is 14.7. The number of carbonyl (C=O) groups is 1. The summed E-state index contributed by atoms with van der Waals surface area (Å²) in [4.78, 5) is 11.8. The highest BCUT2D eigenvalue weighted by Gasteiger charge is 2.20. The van der Waals surface area contributed by atoms with Gasteiger partial charge in [-0.05, 0) is 67.1 Å². The predicted octanol–water partition coefficient (Wildman–Crippen LogP) is 5.17. The van der Waals surface area contributed by atoms with Gasteiger partial charge in [-0.3, -0.25) is 4.79 Å². The van der Waals surface area contributed by atoms with Crippen LogP contribution in [0, 0.1) is 19.7 Å². The van der Waals surface area contributed by atoms with Gasteiger partial charge in [0, 0.05) is 5.56 Å². The van der Waals surface area contributed by atoms with E-state index in [9.17, 15) is 9.18 Å². The van der Waals surface area contributed by atoms with Gasteiger partial charge < -0.3 is 9.47 Å². The van der Waals surface area contributed by atoms with Crippen molar-refractivity contribution >= 4 is 5.97 Å². The van der Waals surface area contributed by atoms with Crippen LogP contribution in [0.2, 0.25) is 0 Å². The Hall–Kier alpha value is -2.36. The molecule has 0 fully saturated rings. The third kappa shape index (κ3) is 4.19. The van der Waals surface area contributed by atoms with Crippen LogP contribution in [0.15, 0.2) is 30.3 Å². The van der Waals surface area contributed by atoms with E-state index in [2.05, 4.69) is 0 Å². The first kappa shape index (κ1) is 19.0. The molecule has 0 aliphatic rings. The van der Waals surface area contributed by atoms with Crippen molar-refractivity contribution in [2.24, 2.45) is 0 Å². The average Bonchev–Trinajstić information content (AvgIpc) is 2.57. The van der Waals surface area contributed by atoms with Crippen molar-refractivity contribution in [1.29, 1.82) is 0 Å². The number of carbonyl (C=O) groups excluding carboxylic acids is 1. The van der Waals surface area contributed by atoms with Crippen LogP contribution in [0.1, 0.15) is 42.9 Å². The Morgan fingerprint density at radius 2 is 1.92 bits per heavy atom. The molecule has 0 spiro atoms. The summed E-state index contributed by atoms with van der Waals surface area (Å²) < 4.78 is 25.2. The molecule has 0 radical (unpaired) electrons. The highest BCUT2D eigenvalue weighted by molar-refractivity contribution is 5.75. The van der Waals surface area contributed by atoms with Gasteiger partial charge in [-0.15, -0.1) is 0 Å². The molecule has 134 valence electrons. The van der Waals surface area contributed by atoms with Gasteiger partial charge >= 0.3 is 5.97 Å². The van der Waals surface area contributed by atoms with Crippen molar-refractivity contribution in [3.63, 3.8) is 0 Å². The second-order valence-electron chi connectivity index (χ2n) is 6.26. The third-order valence-electron chi connectivity index (χ3n) is 4.33. The number of benzene rings is 2. The van der Waals surface area contributed by atoms with Crippen LogP contribution in [0.5, 0.6) is 5.75 Å². The lowest BCUT2D eigenvalue weighted by Gasteiger charge is -2.18. The number of ether oxygens (including phenoxy) is 2. The normalized spacial score (nSPS) is 11.9. The van der Waals surface area contributed by atoms with Crippen LogP contribution in [-0.4, -0.2) is 19.7 Å². The van der Waals surface area contributed by atoms with E-state index in [0.717, 1.165) is 22.4 Å². The van der Waals surface area contributed by atoms with E-state index in [1.165, 1.54) is 0 Å². The second-order valence-corrected chi connectivity index (χ2v) is 6.26. The standard InChI is InChI=1S/C21H25FO3/c1-6-25-19(23)11-14(3)17-12-16(10-15(4)21(17)22)20-13(2)8-7-9-18(20)24-5/h7-10,12,14H,6,11H2,1-5H3/t14-/m0/s1. The first-order chi connectivity index (χ1) is 11.9. The molecule has 0 saturated heterocycles. The van der Waals surface area contributed by atoms with Crippen LogP contribution in [0.3, 0.4) is 0 Å². The molecule has 0 aliphatic carbocycles. The molecule has 0 bridgehead atoms. The minimum atomic E-state index is -0.314. The molecular weight excluding hydrogens is 319 g/mol. The predicted molar refractivity (Wildman–Crippen MR) is 97.5 cm³/mol. The van der Waals surface area contributed by atoms with E-state index in [4.69, 9.17) is 9.47 Å². The molecule has 1 atom stereocenters. The Balaban J connectivity index is 2.50. The Bertz CT molecular complexity index is 768. The summed E-state index contributed by atoms with van der Waals surface area (Å²) in [6.07, 6.45) is 0.151. The lowest BCUT2D eigenvalue weighted by atomic mass is 9.90. The number of rotatable bonds is 6. The number of aryl methyl sites for hydroxylation is 2. The second kappa shape index (κ2) is 8.15. The summed E-state index contributed by atoms with van der Waals surface area (Å²) in [6, 6.07) is 9.46. The average molecular weight is 344 g/mol. The Labute approximate surface area is 148 Å². The molecule has 25 heavy (non-hydrogen) atoms. The lowest BCUT2D eigenvalue weighted by molar-refractivity contribution is -0.143. The maximum Gasteiger partial charge on any atom is 0.306 e. The largest absolute Gasteiger partial charge is 0.496 e. The van der Waals surface area contributed by atoms with Gasteiger partial charge in [0.05, 0.1) is 20.1 Å². The smallest absolute Gasteiger partial charge is 0.306 e. The molecule has 0 aliphatic heterocycles. The zero-order valence-electron chi connectivity index (χ0n) is 15.5. The molecular formula is C21H25FO3. The fourth-order valence-electron chi connectivity index (χ4n) is 3.06. The van der Waals surface area contributed by atoms with Gasteiger partial charge in [0.15, 0.2) is 0 Å². The highest BCUT2D eigenvalue weighted by atomic mass is 19.1. The van der Waals surface area contributed by atoms with Crippen LogP contribution in [0.25, 0.3) is 11.1 Å². The van der Waals surface area contributed by atoms with E-state index in [1.54, 1.807) is 21.0 Å². The van der Waals surface area contributed by atoms with Crippen LogP contribution in [0.4, 0.5) is 4.39 Å². The topological polar surface area (TPSA) is 35.5 Å². The van der Waals surface area contributed by atoms with Crippen LogP contribution >= 0.6 is 0 Å². The number of hydrogen-bond acceptors (Lipinski definition) is 3. The number of methoxy groups -OCH3 is 1. The van der Waals surface area contributed by atoms with Gasteiger partial charge in [0.2, 0.25) is 0 Å². The molecule has 0 unspecified atom stereocenters. The molecule has 0 amide bonds. The zero-order chi connectivity index (χ0) is 18.6. The van der Waals surface area contributed by atoms with Gasteiger partial charge in [-0.1, -0.05) is 19.1 Å². The van der Waals surface area contributed by atoms with Gasteiger partial charge in [0.25, 0.3) is 0 Å². The van der Waals surface area contributed by atoms with Gasteiger partial charge in [-0.2, -0.15) is 0 Å². The van der Waals surface area contributed by atoms with E-state index in [0.29, 0.717) is 17.7 Å². The Morgan fingerprint density at radius 1 is 1.20 bits per heavy atom. The number of esters is 1. The van der Waals surface area contributed by atoms with Crippen molar-refractivity contribution in [2.45, 2.75) is 40.0 Å². The summed E-state index contributed by atoms with van der Waals surface area (Å²) >= 11 is 0. The van der Waals surface area contributed by atoms with E-state index in [-0.39, 0.29) is 24.1 Å². The SMILES string of the molecule is CCOC(=O)C[C@H](C)c1cc(-c2c(C)cccc2OC)cc(C)c1F. The molecule has 2 aromatic rings. The van der Waals surface area contributed by atoms with Gasteiger partial charge in [-0.25, -0.2) is 4.39 Å². The van der Waals surface area contributed by atoms with Crippen molar-refractivity contribution in [2.75, 3.05) is 13.7 Å². The fraction of sp³-hybridized carbons (Fsp3) is 0.381. The van der Waals surface area contributed by atoms with Crippen molar-refractivity contribution in [3.8, 4) is 16.9 Å². The van der Waals surface area contributed by atoms with Crippen molar-refractivity contribution in [1.82, 2.24) is 0 Å². The van der Waals surface area contributed by atoms with E-state index in [1.807, 2.05) is 44.2 Å². The lowest BCUT2D eigenvalue weighted by Crippen LogP contribution is -2.10. The van der Waals surface area contributed by atoms with Crippen molar-refractivity contribution in [3.05, 3.63) is 52.8 Å². The molecule has 3 nitrogen and oxygen atoms in total. The third-order valence-corrected chi connectivity index (χ3v) is 4.33. The number of halogens is 1. The maximum absolute atomic E-state index is 14.7. The Kier molecular flexibility index (Phi) is 6.18. The molecule has 2 aromatic carbocycles. The summed E-state index contributed by atoms with van der Waals surface area (Å²) in [5.74, 6) is -0.109. The summed E-state index contributed by atoms with van der Waals surface area (Å²) in [5, 5.41) is 0. The minimum absolute atomic E-state index is 0.151. The quantitative estimate of drug-likeness (QED) is 0.678. The first-order valence-corrected chi connectivity index (χ1v) is 8.48. The minimum Gasteiger partial charge on any atom is -0.496 e. The van der Waals surface area contributed by atoms with Crippen LogP contribution in [-0.2, 0) is 9.53 Å². The number of hydrogen-bond donors (Lipinski definition) is 0. The molecule has 0 N–H and O–H groups in total. The van der Waals surface area contributed by atoms with Crippen LogP contribution < -0.4 is 4.74 Å². The zero-order valence-corrected chi connectivity index (χ0v) is 15.5. The Morgan fingerprint density at radius 3 is 2.56 bits per heavy atom. The summed E-state index contributed by atoms with van der Waals surface area (Å²) in [6.45, 7) is 7.67. The molecule has 0 saturated carbocycles. The molecule has 2 rings (SSSR count). The molecule has 0 heterocycles. The molecule has 0 aromatic heterocycles. The highest BCUT2D eigenvalue weighted by Crippen LogP contribution is 2.37. The van der Waals surface area contributed by atoms with E-state index >= 15 is 0 Å². The fourth-order valence-corrected chi connectivity index (χ4v) is 3.06. The van der Waals surface area contributed by atoms with Crippen molar-refractivity contribution < 1.29 is 18.7 Å². The summed E-state index contributed by atoms with van der Waals surface area (Å²) in [7, 11) is 1.62. The van der Waals surface area contributed by atoms with E-state index < -0.39 is 0 Å². The molecule has 4 heteroatoms. The van der Waals surface area contributed by atoms with Gasteiger partial charge in [0.1, 0.15) is 11.6 Å².